The van der Waals surface area contributed by atoms with Gasteiger partial charge in [-0.2, -0.15) is 0 Å². The van der Waals surface area contributed by atoms with Gasteiger partial charge in [0.15, 0.2) is 11.6 Å². The van der Waals surface area contributed by atoms with Crippen molar-refractivity contribution in [3.8, 4) is 11.5 Å². The summed E-state index contributed by atoms with van der Waals surface area (Å²) in [6.45, 7) is 2.90. The van der Waals surface area contributed by atoms with Gasteiger partial charge in [-0.15, -0.1) is 10.2 Å². The first kappa shape index (κ1) is 48.5. The van der Waals surface area contributed by atoms with Crippen molar-refractivity contribution in [1.82, 2.24) is 39.8 Å². The summed E-state index contributed by atoms with van der Waals surface area (Å²) in [5, 5.41) is 18.1. The average Bonchev–Trinajstić information content (AvgIpc) is 4.25. The first-order valence-electron chi connectivity index (χ1n) is 25.1. The number of aromatic nitrogens is 6. The van der Waals surface area contributed by atoms with Gasteiger partial charge in [0.2, 0.25) is 5.91 Å². The van der Waals surface area contributed by atoms with Gasteiger partial charge in [-0.1, -0.05) is 127 Å². The van der Waals surface area contributed by atoms with Gasteiger partial charge in [0.1, 0.15) is 17.5 Å². The second-order valence-corrected chi connectivity index (χ2v) is 18.5. The molecule has 0 radical (unpaired) electrons. The summed E-state index contributed by atoms with van der Waals surface area (Å²) < 4.78 is 15.7. The van der Waals surface area contributed by atoms with Gasteiger partial charge < -0.3 is 14.4 Å². The average molecular weight is 951 g/mol. The quantitative estimate of drug-likeness (QED) is 0.0193. The van der Waals surface area contributed by atoms with Crippen LogP contribution in [-0.4, -0.2) is 88.6 Å². The molecule has 13 heteroatoms. The van der Waals surface area contributed by atoms with Crippen molar-refractivity contribution >= 4 is 23.5 Å². The minimum atomic E-state index is -0.422. The number of aryl methyl sites for hydroxylation is 2. The van der Waals surface area contributed by atoms with Crippen molar-refractivity contribution in [2.45, 2.75) is 109 Å². The number of hydrogen-bond acceptors (Lipinski definition) is 10. The predicted octanol–water partition coefficient (Wildman–Crippen LogP) is 10.1. The highest BCUT2D eigenvalue weighted by Crippen LogP contribution is 2.36. The molecule has 13 nitrogen and oxygen atoms in total. The molecule has 0 spiro atoms. The lowest BCUT2D eigenvalue weighted by Crippen LogP contribution is -2.71. The highest BCUT2D eigenvalue weighted by molar-refractivity contribution is 6.05. The van der Waals surface area contributed by atoms with Crippen LogP contribution in [0.1, 0.15) is 102 Å². The Morgan fingerprint density at radius 2 is 1.17 bits per heavy atom. The third-order valence-corrected chi connectivity index (χ3v) is 13.3. The van der Waals surface area contributed by atoms with Gasteiger partial charge in [0, 0.05) is 68.6 Å². The molecule has 1 aliphatic heterocycles. The predicted molar refractivity (Wildman–Crippen MR) is 274 cm³/mol. The summed E-state index contributed by atoms with van der Waals surface area (Å²) in [5.74, 6) is 1.43. The highest BCUT2D eigenvalue weighted by Gasteiger charge is 2.51. The zero-order valence-electron chi connectivity index (χ0n) is 40.3. The molecule has 4 aliphatic rings. The first-order chi connectivity index (χ1) is 34.9. The second-order valence-electron chi connectivity index (χ2n) is 18.5. The molecule has 9 rings (SSSR count). The summed E-state index contributed by atoms with van der Waals surface area (Å²) in [7, 11) is 0. The molecule has 0 unspecified atom stereocenters. The van der Waals surface area contributed by atoms with E-state index >= 15 is 0 Å². The Balaban J connectivity index is 0.826. The van der Waals surface area contributed by atoms with E-state index in [9.17, 15) is 14.4 Å². The van der Waals surface area contributed by atoms with E-state index in [0.29, 0.717) is 74.9 Å². The van der Waals surface area contributed by atoms with E-state index in [1.165, 1.54) is 12.8 Å². The Labute approximate surface area is 416 Å². The standard InChI is InChI=1S/C58H62N8O5/c67-55(34-23-45-16-8-9-17-45)47-25-29-52(30-26-47)70-38-12-36-64-42-49(59-61-64)40-63(57-54(33-22-44-14-4-3-5-15-44)66(58(57)69)51-20-6-1-2-7-21-51)41-50-43-65(62-60-50)37-13-39-71-53-31-27-48(28-32-53)56(68)35-24-46-18-10-11-19-46/h3-5,8,10,14-19,22-35,42-43,51,54,57H,1-2,6-7,9,11-13,20-21,36-41H2/b33-22+,34-23+,35-24+/t54-,57+/m1/s1. The van der Waals surface area contributed by atoms with Crippen LogP contribution in [0.5, 0.6) is 11.5 Å². The lowest BCUT2D eigenvalue weighted by Gasteiger charge is -2.53. The molecule has 5 aromatic rings. The van der Waals surface area contributed by atoms with Crippen molar-refractivity contribution in [3.63, 3.8) is 0 Å². The molecule has 364 valence electrons. The van der Waals surface area contributed by atoms with Gasteiger partial charge in [-0.3, -0.25) is 28.6 Å². The molecular formula is C58H62N8O5. The van der Waals surface area contributed by atoms with Crippen LogP contribution in [-0.2, 0) is 31.0 Å². The lowest BCUT2D eigenvalue weighted by atomic mass is 9.87. The van der Waals surface area contributed by atoms with Crippen molar-refractivity contribution in [2.75, 3.05) is 13.2 Å². The van der Waals surface area contributed by atoms with Crippen molar-refractivity contribution in [3.05, 3.63) is 197 Å². The van der Waals surface area contributed by atoms with Gasteiger partial charge in [0.25, 0.3) is 0 Å². The summed E-state index contributed by atoms with van der Waals surface area (Å²) in [6, 6.07) is 24.4. The van der Waals surface area contributed by atoms with E-state index in [4.69, 9.17) is 9.47 Å². The van der Waals surface area contributed by atoms with E-state index in [1.54, 1.807) is 36.4 Å². The number of rotatable bonds is 24. The van der Waals surface area contributed by atoms with Crippen LogP contribution < -0.4 is 9.47 Å². The van der Waals surface area contributed by atoms with Gasteiger partial charge in [-0.05, 0) is 103 Å². The van der Waals surface area contributed by atoms with Gasteiger partial charge >= 0.3 is 0 Å². The Hall–Kier alpha value is -7.51. The number of likely N-dealkylation sites (tertiary alicyclic amines) is 1. The van der Waals surface area contributed by atoms with E-state index < -0.39 is 6.04 Å². The maximum absolute atomic E-state index is 14.6. The summed E-state index contributed by atoms with van der Waals surface area (Å²) in [4.78, 5) is 44.2. The maximum Gasteiger partial charge on any atom is 0.243 e. The molecule has 0 bridgehead atoms. The monoisotopic (exact) mass is 950 g/mol. The van der Waals surface area contributed by atoms with E-state index in [2.05, 4.69) is 79.0 Å². The van der Waals surface area contributed by atoms with Crippen LogP contribution in [0.3, 0.4) is 0 Å². The fourth-order valence-electron chi connectivity index (χ4n) is 9.53. The molecule has 0 N–H and O–H groups in total. The molecule has 1 saturated carbocycles. The van der Waals surface area contributed by atoms with Crippen molar-refractivity contribution < 1.29 is 23.9 Å². The third kappa shape index (κ3) is 13.4. The molecule has 1 saturated heterocycles. The van der Waals surface area contributed by atoms with Crippen LogP contribution in [0, 0.1) is 0 Å². The maximum atomic E-state index is 14.6. The molecule has 3 aliphatic carbocycles. The number of nitrogens with zero attached hydrogens (tertiary/aromatic N) is 8. The zero-order valence-corrected chi connectivity index (χ0v) is 40.3. The largest absolute Gasteiger partial charge is 0.494 e. The fourth-order valence-corrected chi connectivity index (χ4v) is 9.53. The lowest BCUT2D eigenvalue weighted by molar-refractivity contribution is -0.162. The molecular weight excluding hydrogens is 889 g/mol. The molecule has 3 aromatic carbocycles. The minimum absolute atomic E-state index is 0.0468. The SMILES string of the molecule is O=C(/C=C/C1=CCC=C1)c1ccc(OCCCn2cc(CN(Cc3cn(CCCOc4ccc(C(=O)/C=C/C5=CCC=C5)cc4)nn3)[C@@H]3C(=O)N(C4CCCCCC4)[C@@H]3/C=C/c3ccccc3)nn2)cc1. The number of ether oxygens (including phenoxy) is 2. The zero-order chi connectivity index (χ0) is 48.6. The normalized spacial score (nSPS) is 18.2. The molecule has 71 heavy (non-hydrogen) atoms. The van der Waals surface area contributed by atoms with Gasteiger partial charge in [0.05, 0.1) is 30.6 Å². The third-order valence-electron chi connectivity index (χ3n) is 13.3. The van der Waals surface area contributed by atoms with Crippen LogP contribution in [0.25, 0.3) is 6.08 Å². The molecule has 2 aromatic heterocycles. The molecule has 1 amide bonds. The summed E-state index contributed by atoms with van der Waals surface area (Å²) in [5.41, 5.74) is 5.92. The summed E-state index contributed by atoms with van der Waals surface area (Å²) >= 11 is 0. The first-order valence-corrected chi connectivity index (χ1v) is 25.1. The number of benzene rings is 3. The Bertz CT molecular complexity index is 2660. The number of ketones is 2. The number of carbonyl (C=O) groups excluding carboxylic acids is 3. The fraction of sp³-hybridized carbons (Fsp3) is 0.328. The van der Waals surface area contributed by atoms with Gasteiger partial charge in [-0.25, -0.2) is 0 Å². The van der Waals surface area contributed by atoms with Crippen molar-refractivity contribution in [1.29, 1.82) is 0 Å². The smallest absolute Gasteiger partial charge is 0.243 e. The summed E-state index contributed by atoms with van der Waals surface area (Å²) in [6.07, 6.45) is 37.4. The Morgan fingerprint density at radius 1 is 0.648 bits per heavy atom. The van der Waals surface area contributed by atoms with Crippen LogP contribution in [0.15, 0.2) is 169 Å². The Morgan fingerprint density at radius 3 is 1.66 bits per heavy atom. The molecule has 2 fully saturated rings. The Kier molecular flexibility index (Phi) is 16.6. The minimum Gasteiger partial charge on any atom is -0.494 e. The van der Waals surface area contributed by atoms with Crippen LogP contribution >= 0.6 is 0 Å². The topological polar surface area (TPSA) is 138 Å². The number of amides is 1. The van der Waals surface area contributed by atoms with Crippen LogP contribution in [0.2, 0.25) is 0 Å². The number of hydrogen-bond donors (Lipinski definition) is 0. The number of β-lactam (4-membered cyclic amide) rings is 1. The van der Waals surface area contributed by atoms with Crippen molar-refractivity contribution in [2.24, 2.45) is 0 Å². The molecule has 2 atom stereocenters. The van der Waals surface area contributed by atoms with Crippen LogP contribution in [0.4, 0.5) is 0 Å². The van der Waals surface area contributed by atoms with E-state index in [-0.39, 0.29) is 29.6 Å². The number of allylic oxidation sites excluding steroid dienone is 12. The highest BCUT2D eigenvalue weighted by atomic mass is 16.5. The number of carbonyl (C=O) groups is 3. The van der Waals surface area contributed by atoms with E-state index in [1.807, 2.05) is 88.5 Å². The molecule has 3 heterocycles. The van der Waals surface area contributed by atoms with E-state index in [0.717, 1.165) is 66.6 Å². The second kappa shape index (κ2) is 24.4.